The maximum atomic E-state index is 13.0. The first-order valence-corrected chi connectivity index (χ1v) is 4.27. The van der Waals surface area contributed by atoms with E-state index < -0.39 is 17.5 Å². The second kappa shape index (κ2) is 4.94. The predicted octanol–water partition coefficient (Wildman–Crippen LogP) is 1.61. The fourth-order valence-corrected chi connectivity index (χ4v) is 1.03. The summed E-state index contributed by atoms with van der Waals surface area (Å²) < 4.78 is 17.3. The molecule has 1 aromatic carbocycles. The van der Waals surface area contributed by atoms with Crippen molar-refractivity contribution in [3.8, 4) is 11.8 Å². The smallest absolute Gasteiger partial charge is 0.331 e. The fraction of sp³-hybridized carbons (Fsp3) is 0.0909. The lowest BCUT2D eigenvalue weighted by atomic mass is 10.1. The normalized spacial score (nSPS) is 10.7. The molecule has 0 aromatic heterocycles. The molecule has 16 heavy (non-hydrogen) atoms. The van der Waals surface area contributed by atoms with Crippen molar-refractivity contribution in [2.75, 3.05) is 7.11 Å². The van der Waals surface area contributed by atoms with E-state index in [0.29, 0.717) is 0 Å². The molecule has 0 unspecified atom stereocenters. The minimum Gasteiger partial charge on any atom is -0.505 e. The summed E-state index contributed by atoms with van der Waals surface area (Å²) in [7, 11) is 1.17. The number of esters is 1. The van der Waals surface area contributed by atoms with E-state index in [1.165, 1.54) is 13.2 Å². The Morgan fingerprint density at radius 1 is 1.62 bits per heavy atom. The lowest BCUT2D eigenvalue weighted by Gasteiger charge is -2.00. The third-order valence-electron chi connectivity index (χ3n) is 1.84. The second-order valence-corrected chi connectivity index (χ2v) is 2.86. The number of carbonyl (C=O) groups excluding carboxylic acids is 1. The molecular formula is C11H8FNO3. The number of phenolic OH excluding ortho intramolecular Hbond substituents is 1. The molecular weight excluding hydrogens is 213 g/mol. The largest absolute Gasteiger partial charge is 0.505 e. The number of nitrogens with zero attached hydrogens (tertiary/aromatic N) is 1. The van der Waals surface area contributed by atoms with Crippen molar-refractivity contribution in [3.05, 3.63) is 35.7 Å². The molecule has 0 heterocycles. The van der Waals surface area contributed by atoms with Gasteiger partial charge in [-0.05, 0) is 23.8 Å². The molecule has 82 valence electrons. The molecule has 0 bridgehead atoms. The van der Waals surface area contributed by atoms with Crippen molar-refractivity contribution in [2.24, 2.45) is 0 Å². The number of rotatable bonds is 2. The number of methoxy groups -OCH3 is 1. The highest BCUT2D eigenvalue weighted by molar-refractivity contribution is 5.95. The molecule has 1 aromatic rings. The second-order valence-electron chi connectivity index (χ2n) is 2.86. The van der Waals surface area contributed by atoms with Gasteiger partial charge in [-0.1, -0.05) is 0 Å². The molecule has 5 heteroatoms. The zero-order valence-electron chi connectivity index (χ0n) is 8.40. The van der Waals surface area contributed by atoms with Gasteiger partial charge in [0.2, 0.25) is 0 Å². The van der Waals surface area contributed by atoms with Gasteiger partial charge in [0.25, 0.3) is 0 Å². The number of hydrogen-bond acceptors (Lipinski definition) is 4. The van der Waals surface area contributed by atoms with E-state index in [9.17, 15) is 9.18 Å². The molecule has 0 aliphatic carbocycles. The van der Waals surface area contributed by atoms with E-state index in [2.05, 4.69) is 4.74 Å². The van der Waals surface area contributed by atoms with Crippen LogP contribution in [-0.4, -0.2) is 18.2 Å². The molecule has 0 radical (unpaired) electrons. The Labute approximate surface area is 91.2 Å². The van der Waals surface area contributed by atoms with E-state index >= 15 is 0 Å². The summed E-state index contributed by atoms with van der Waals surface area (Å²) in [5.74, 6) is -2.08. The van der Waals surface area contributed by atoms with Crippen LogP contribution in [0.4, 0.5) is 4.39 Å². The van der Waals surface area contributed by atoms with Gasteiger partial charge in [-0.3, -0.25) is 0 Å². The van der Waals surface area contributed by atoms with Crippen LogP contribution in [0.2, 0.25) is 0 Å². The number of phenols is 1. The van der Waals surface area contributed by atoms with Crippen LogP contribution in [0.5, 0.6) is 5.75 Å². The molecule has 0 atom stereocenters. The first kappa shape index (κ1) is 11.7. The SMILES string of the molecule is COC(=O)C=C(C#N)c1ccc(O)c(F)c1. The zero-order valence-corrected chi connectivity index (χ0v) is 8.40. The number of hydrogen-bond donors (Lipinski definition) is 1. The minimum absolute atomic E-state index is 0.0363. The summed E-state index contributed by atoms with van der Waals surface area (Å²) in [5.41, 5.74) is 0.161. The highest BCUT2D eigenvalue weighted by atomic mass is 19.1. The first-order chi connectivity index (χ1) is 7.58. The van der Waals surface area contributed by atoms with Crippen molar-refractivity contribution in [1.82, 2.24) is 0 Å². The third kappa shape index (κ3) is 2.58. The molecule has 0 aliphatic rings. The van der Waals surface area contributed by atoms with E-state index in [1.54, 1.807) is 6.07 Å². The Kier molecular flexibility index (Phi) is 3.62. The van der Waals surface area contributed by atoms with Gasteiger partial charge in [-0.15, -0.1) is 0 Å². The Hall–Kier alpha value is -2.35. The molecule has 0 spiro atoms. The Morgan fingerprint density at radius 3 is 2.81 bits per heavy atom. The van der Waals surface area contributed by atoms with Crippen LogP contribution >= 0.6 is 0 Å². The van der Waals surface area contributed by atoms with Crippen LogP contribution in [-0.2, 0) is 9.53 Å². The fourth-order valence-electron chi connectivity index (χ4n) is 1.03. The van der Waals surface area contributed by atoms with Crippen molar-refractivity contribution in [2.45, 2.75) is 0 Å². The van der Waals surface area contributed by atoms with Gasteiger partial charge < -0.3 is 9.84 Å². The van der Waals surface area contributed by atoms with Gasteiger partial charge in [0.15, 0.2) is 11.6 Å². The van der Waals surface area contributed by atoms with E-state index in [1.807, 2.05) is 0 Å². The minimum atomic E-state index is -0.858. The molecule has 0 fully saturated rings. The number of carbonyl (C=O) groups is 1. The maximum Gasteiger partial charge on any atom is 0.331 e. The number of benzene rings is 1. The Morgan fingerprint density at radius 2 is 2.31 bits per heavy atom. The average Bonchev–Trinajstić information content (AvgIpc) is 2.29. The monoisotopic (exact) mass is 221 g/mol. The highest BCUT2D eigenvalue weighted by Crippen LogP contribution is 2.21. The number of nitriles is 1. The molecule has 1 rings (SSSR count). The number of allylic oxidation sites excluding steroid dienone is 1. The van der Waals surface area contributed by atoms with Crippen molar-refractivity contribution >= 4 is 11.5 Å². The van der Waals surface area contributed by atoms with Gasteiger partial charge in [0.05, 0.1) is 12.7 Å². The van der Waals surface area contributed by atoms with Gasteiger partial charge in [-0.25, -0.2) is 9.18 Å². The summed E-state index contributed by atoms with van der Waals surface area (Å²) in [6.45, 7) is 0. The quantitative estimate of drug-likeness (QED) is 0.468. The molecule has 1 N–H and O–H groups in total. The molecule has 0 saturated carbocycles. The van der Waals surface area contributed by atoms with Crippen LogP contribution in [0.3, 0.4) is 0 Å². The third-order valence-corrected chi connectivity index (χ3v) is 1.84. The summed E-state index contributed by atoms with van der Waals surface area (Å²) in [6.07, 6.45) is 0.950. The average molecular weight is 221 g/mol. The Balaban J connectivity index is 3.16. The molecule has 0 amide bonds. The van der Waals surface area contributed by atoms with Gasteiger partial charge in [0.1, 0.15) is 6.07 Å². The topological polar surface area (TPSA) is 70.3 Å². The summed E-state index contributed by atoms with van der Waals surface area (Å²) in [4.78, 5) is 10.9. The standard InChI is InChI=1S/C11H8FNO3/c1-16-11(15)5-8(6-13)7-2-3-10(14)9(12)4-7/h2-5,14H,1H3. The van der Waals surface area contributed by atoms with Gasteiger partial charge in [0, 0.05) is 6.08 Å². The van der Waals surface area contributed by atoms with Gasteiger partial charge in [-0.2, -0.15) is 5.26 Å². The van der Waals surface area contributed by atoms with Crippen molar-refractivity contribution in [3.63, 3.8) is 0 Å². The van der Waals surface area contributed by atoms with Crippen LogP contribution in [0.25, 0.3) is 5.57 Å². The highest BCUT2D eigenvalue weighted by Gasteiger charge is 2.07. The van der Waals surface area contributed by atoms with Crippen molar-refractivity contribution in [1.29, 1.82) is 5.26 Å². The zero-order chi connectivity index (χ0) is 12.1. The molecule has 0 saturated heterocycles. The lowest BCUT2D eigenvalue weighted by molar-refractivity contribution is -0.134. The first-order valence-electron chi connectivity index (χ1n) is 4.27. The number of ether oxygens (including phenoxy) is 1. The van der Waals surface area contributed by atoms with Crippen LogP contribution in [0.15, 0.2) is 24.3 Å². The van der Waals surface area contributed by atoms with E-state index in [-0.39, 0.29) is 11.1 Å². The van der Waals surface area contributed by atoms with E-state index in [0.717, 1.165) is 18.2 Å². The van der Waals surface area contributed by atoms with Crippen LogP contribution in [0, 0.1) is 17.1 Å². The summed E-state index contributed by atoms with van der Waals surface area (Å²) in [6, 6.07) is 5.14. The molecule has 0 aliphatic heterocycles. The van der Waals surface area contributed by atoms with Crippen LogP contribution < -0.4 is 0 Å². The lowest BCUT2D eigenvalue weighted by Crippen LogP contribution is -1.96. The summed E-state index contributed by atoms with van der Waals surface area (Å²) in [5, 5.41) is 17.7. The maximum absolute atomic E-state index is 13.0. The number of aromatic hydroxyl groups is 1. The predicted molar refractivity (Wildman–Crippen MR) is 53.7 cm³/mol. The van der Waals surface area contributed by atoms with Crippen molar-refractivity contribution < 1.29 is 19.0 Å². The summed E-state index contributed by atoms with van der Waals surface area (Å²) >= 11 is 0. The number of halogens is 1. The van der Waals surface area contributed by atoms with E-state index in [4.69, 9.17) is 10.4 Å². The van der Waals surface area contributed by atoms with Gasteiger partial charge >= 0.3 is 5.97 Å². The molecule has 4 nitrogen and oxygen atoms in total. The Bertz CT molecular complexity index is 488. The van der Waals surface area contributed by atoms with Crippen LogP contribution in [0.1, 0.15) is 5.56 Å².